The molecule has 5 nitrogen and oxygen atoms in total. The lowest BCUT2D eigenvalue weighted by atomic mass is 10.3. The molecule has 0 bridgehead atoms. The van der Waals surface area contributed by atoms with Gasteiger partial charge in [-0.2, -0.15) is 0 Å². The number of amides is 1. The van der Waals surface area contributed by atoms with Crippen molar-refractivity contribution >= 4 is 5.91 Å². The van der Waals surface area contributed by atoms with Crippen LogP contribution < -0.4 is 5.32 Å². The smallest absolute Gasteiger partial charge is 0.270 e. The van der Waals surface area contributed by atoms with Crippen molar-refractivity contribution in [2.75, 3.05) is 20.8 Å². The van der Waals surface area contributed by atoms with Gasteiger partial charge in [-0.25, -0.2) is 4.98 Å². The maximum absolute atomic E-state index is 11.6. The van der Waals surface area contributed by atoms with Crippen molar-refractivity contribution in [3.63, 3.8) is 0 Å². The SMILES string of the molecule is COC(CNC(=O)c1cccc(C)n1)OC. The average molecular weight is 224 g/mol. The van der Waals surface area contributed by atoms with E-state index in [0.29, 0.717) is 12.2 Å². The monoisotopic (exact) mass is 224 g/mol. The summed E-state index contributed by atoms with van der Waals surface area (Å²) < 4.78 is 9.90. The highest BCUT2D eigenvalue weighted by Gasteiger charge is 2.10. The van der Waals surface area contributed by atoms with Crippen LogP contribution in [-0.2, 0) is 9.47 Å². The summed E-state index contributed by atoms with van der Waals surface area (Å²) in [6, 6.07) is 5.29. The highest BCUT2D eigenvalue weighted by Crippen LogP contribution is 1.98. The van der Waals surface area contributed by atoms with Gasteiger partial charge in [0.15, 0.2) is 6.29 Å². The maximum atomic E-state index is 11.6. The van der Waals surface area contributed by atoms with E-state index in [9.17, 15) is 4.79 Å². The fraction of sp³-hybridized carbons (Fsp3) is 0.455. The molecule has 0 aromatic carbocycles. The summed E-state index contributed by atoms with van der Waals surface area (Å²) >= 11 is 0. The van der Waals surface area contributed by atoms with Crippen LogP contribution in [0.1, 0.15) is 16.2 Å². The molecule has 88 valence electrons. The van der Waals surface area contributed by atoms with Crippen molar-refractivity contribution < 1.29 is 14.3 Å². The summed E-state index contributed by atoms with van der Waals surface area (Å²) in [5.74, 6) is -0.234. The van der Waals surface area contributed by atoms with Crippen molar-refractivity contribution in [2.24, 2.45) is 0 Å². The fourth-order valence-corrected chi connectivity index (χ4v) is 1.20. The number of methoxy groups -OCH3 is 2. The summed E-state index contributed by atoms with van der Waals surface area (Å²) in [5, 5.41) is 2.68. The Balaban J connectivity index is 2.52. The molecule has 1 N–H and O–H groups in total. The van der Waals surface area contributed by atoms with Gasteiger partial charge in [-0.1, -0.05) is 6.07 Å². The van der Waals surface area contributed by atoms with Crippen molar-refractivity contribution in [1.29, 1.82) is 0 Å². The van der Waals surface area contributed by atoms with Gasteiger partial charge in [-0.15, -0.1) is 0 Å². The Kier molecular flexibility index (Phi) is 4.88. The van der Waals surface area contributed by atoms with Crippen molar-refractivity contribution in [3.05, 3.63) is 29.6 Å². The van der Waals surface area contributed by atoms with Crippen LogP contribution in [0.5, 0.6) is 0 Å². The molecule has 5 heteroatoms. The van der Waals surface area contributed by atoms with Crippen molar-refractivity contribution in [3.8, 4) is 0 Å². The zero-order valence-electron chi connectivity index (χ0n) is 9.69. The molecule has 0 saturated carbocycles. The van der Waals surface area contributed by atoms with Gasteiger partial charge in [0.1, 0.15) is 5.69 Å². The molecule has 1 aromatic rings. The third-order valence-electron chi connectivity index (χ3n) is 2.08. The molecule has 0 saturated heterocycles. The van der Waals surface area contributed by atoms with Gasteiger partial charge >= 0.3 is 0 Å². The van der Waals surface area contributed by atoms with Crippen LogP contribution >= 0.6 is 0 Å². The summed E-state index contributed by atoms with van der Waals surface area (Å²) in [6.45, 7) is 2.13. The molecule has 0 unspecified atom stereocenters. The second kappa shape index (κ2) is 6.19. The first-order valence-electron chi connectivity index (χ1n) is 4.95. The second-order valence-corrected chi connectivity index (χ2v) is 3.28. The number of nitrogens with one attached hydrogen (secondary N) is 1. The number of pyridine rings is 1. The van der Waals surface area contributed by atoms with E-state index >= 15 is 0 Å². The molecule has 0 atom stereocenters. The first-order chi connectivity index (χ1) is 7.67. The molecule has 1 aromatic heterocycles. The molecular weight excluding hydrogens is 208 g/mol. The van der Waals surface area contributed by atoms with Gasteiger partial charge in [-0.3, -0.25) is 4.79 Å². The Morgan fingerprint density at radius 2 is 2.12 bits per heavy atom. The molecule has 0 aliphatic rings. The minimum absolute atomic E-state index is 0.234. The first kappa shape index (κ1) is 12.6. The number of carbonyl (C=O) groups is 1. The fourth-order valence-electron chi connectivity index (χ4n) is 1.20. The predicted molar refractivity (Wildman–Crippen MR) is 59.1 cm³/mol. The summed E-state index contributed by atoms with van der Waals surface area (Å²) in [4.78, 5) is 15.8. The summed E-state index contributed by atoms with van der Waals surface area (Å²) in [7, 11) is 3.04. The first-order valence-corrected chi connectivity index (χ1v) is 4.95. The standard InChI is InChI=1S/C11H16N2O3/c1-8-5-4-6-9(13-8)11(14)12-7-10(15-2)16-3/h4-6,10H,7H2,1-3H3,(H,12,14). The summed E-state index contributed by atoms with van der Waals surface area (Å²) in [6.07, 6.45) is -0.436. The molecular formula is C11H16N2O3. The van der Waals surface area contributed by atoms with Crippen molar-refractivity contribution in [2.45, 2.75) is 13.2 Å². The van der Waals surface area contributed by atoms with E-state index in [1.165, 1.54) is 14.2 Å². The maximum Gasteiger partial charge on any atom is 0.270 e. The number of aryl methyl sites for hydroxylation is 1. The number of hydrogen-bond donors (Lipinski definition) is 1. The van der Waals surface area contributed by atoms with Crippen LogP contribution in [0.3, 0.4) is 0 Å². The molecule has 0 spiro atoms. The van der Waals surface area contributed by atoms with Gasteiger partial charge in [0, 0.05) is 19.9 Å². The van der Waals surface area contributed by atoms with Crippen molar-refractivity contribution in [1.82, 2.24) is 10.3 Å². The topological polar surface area (TPSA) is 60.5 Å². The van der Waals surface area contributed by atoms with Crippen LogP contribution in [0.4, 0.5) is 0 Å². The predicted octanol–water partition coefficient (Wildman–Crippen LogP) is 0.739. The minimum Gasteiger partial charge on any atom is -0.354 e. The lowest BCUT2D eigenvalue weighted by Gasteiger charge is -2.13. The van der Waals surface area contributed by atoms with E-state index in [0.717, 1.165) is 5.69 Å². The number of hydrogen-bond acceptors (Lipinski definition) is 4. The molecule has 0 aliphatic carbocycles. The Morgan fingerprint density at radius 1 is 1.44 bits per heavy atom. The van der Waals surface area contributed by atoms with Crippen LogP contribution in [0.25, 0.3) is 0 Å². The van der Waals surface area contributed by atoms with Crippen LogP contribution in [0.2, 0.25) is 0 Å². The molecule has 1 amide bonds. The third-order valence-corrected chi connectivity index (χ3v) is 2.08. The number of aromatic nitrogens is 1. The van der Waals surface area contributed by atoms with Gasteiger partial charge < -0.3 is 14.8 Å². The molecule has 16 heavy (non-hydrogen) atoms. The van der Waals surface area contributed by atoms with E-state index in [1.807, 2.05) is 13.0 Å². The minimum atomic E-state index is -0.436. The van der Waals surface area contributed by atoms with Gasteiger partial charge in [0.25, 0.3) is 5.91 Å². The van der Waals surface area contributed by atoms with Crippen LogP contribution in [-0.4, -0.2) is 37.9 Å². The normalized spacial score (nSPS) is 10.5. The summed E-state index contributed by atoms with van der Waals surface area (Å²) in [5.41, 5.74) is 1.20. The highest BCUT2D eigenvalue weighted by molar-refractivity contribution is 5.92. The molecule has 0 fully saturated rings. The lowest BCUT2D eigenvalue weighted by molar-refractivity contribution is -0.0974. The van der Waals surface area contributed by atoms with E-state index in [1.54, 1.807) is 12.1 Å². The van der Waals surface area contributed by atoms with E-state index in [-0.39, 0.29) is 5.91 Å². The number of nitrogens with zero attached hydrogens (tertiary/aromatic N) is 1. The number of ether oxygens (including phenoxy) is 2. The zero-order chi connectivity index (χ0) is 12.0. The largest absolute Gasteiger partial charge is 0.354 e. The number of carbonyl (C=O) groups excluding carboxylic acids is 1. The van der Waals surface area contributed by atoms with E-state index in [2.05, 4.69) is 10.3 Å². The van der Waals surface area contributed by atoms with Crippen LogP contribution in [0, 0.1) is 6.92 Å². The molecule has 1 rings (SSSR count). The zero-order valence-corrected chi connectivity index (χ0v) is 9.69. The van der Waals surface area contributed by atoms with Crippen LogP contribution in [0.15, 0.2) is 18.2 Å². The van der Waals surface area contributed by atoms with E-state index < -0.39 is 6.29 Å². The Bertz CT molecular complexity index is 351. The molecule has 0 radical (unpaired) electrons. The Morgan fingerprint density at radius 3 is 2.69 bits per heavy atom. The number of rotatable bonds is 5. The van der Waals surface area contributed by atoms with Gasteiger partial charge in [0.05, 0.1) is 6.54 Å². The third kappa shape index (κ3) is 3.60. The lowest BCUT2D eigenvalue weighted by Crippen LogP contribution is -2.34. The molecule has 1 heterocycles. The quantitative estimate of drug-likeness (QED) is 0.749. The van der Waals surface area contributed by atoms with E-state index in [4.69, 9.17) is 9.47 Å². The highest BCUT2D eigenvalue weighted by atomic mass is 16.7. The Labute approximate surface area is 94.8 Å². The Hall–Kier alpha value is -1.46. The second-order valence-electron chi connectivity index (χ2n) is 3.28. The molecule has 0 aliphatic heterocycles. The average Bonchev–Trinajstić information content (AvgIpc) is 2.30. The van der Waals surface area contributed by atoms with Gasteiger partial charge in [0.2, 0.25) is 0 Å². The van der Waals surface area contributed by atoms with Gasteiger partial charge in [-0.05, 0) is 19.1 Å².